The fourth-order valence-corrected chi connectivity index (χ4v) is 5.49. The van der Waals surface area contributed by atoms with Gasteiger partial charge in [0.05, 0.1) is 17.9 Å². The number of rotatable bonds is 6. The van der Waals surface area contributed by atoms with Gasteiger partial charge in [-0.2, -0.15) is 0 Å². The number of allylic oxidation sites excluding steroid dienone is 2. The van der Waals surface area contributed by atoms with Gasteiger partial charge in [0.15, 0.2) is 0 Å². The summed E-state index contributed by atoms with van der Waals surface area (Å²) in [5.74, 6) is 0.136. The molecule has 4 rings (SSSR count). The van der Waals surface area contributed by atoms with Crippen LogP contribution in [0.4, 0.5) is 0 Å². The van der Waals surface area contributed by atoms with E-state index < -0.39 is 7.12 Å². The van der Waals surface area contributed by atoms with Gasteiger partial charge in [-0.05, 0) is 68.6 Å². The molecule has 7 nitrogen and oxygen atoms in total. The molecule has 2 aliphatic heterocycles. The molecule has 1 aliphatic carbocycles. The van der Waals surface area contributed by atoms with E-state index in [1.807, 2.05) is 19.1 Å². The van der Waals surface area contributed by atoms with Crippen molar-refractivity contribution in [3.8, 4) is 0 Å². The first-order chi connectivity index (χ1) is 14.8. The fraction of sp³-hybridized carbons (Fsp3) is 0.565. The molecular weight excluding hydrogens is 397 g/mol. The normalized spacial score (nSPS) is 29.0. The number of imide groups is 1. The molecule has 2 saturated heterocycles. The quantitative estimate of drug-likeness (QED) is 0.412. The second kappa shape index (κ2) is 8.77. The molecule has 0 aromatic carbocycles. The molecule has 3 aliphatic rings. The lowest BCUT2D eigenvalue weighted by Gasteiger charge is -2.43. The molecule has 166 valence electrons. The van der Waals surface area contributed by atoms with Crippen molar-refractivity contribution in [1.29, 1.82) is 0 Å². The second-order valence-electron chi connectivity index (χ2n) is 8.90. The molecule has 1 aromatic rings. The topological polar surface area (TPSA) is 100 Å². The molecule has 31 heavy (non-hydrogen) atoms. The molecule has 2 amide bonds. The summed E-state index contributed by atoms with van der Waals surface area (Å²) in [6, 6.07) is 3.57. The van der Waals surface area contributed by atoms with Crippen LogP contribution >= 0.6 is 0 Å². The number of aliphatic hydroxyl groups is 1. The van der Waals surface area contributed by atoms with E-state index >= 15 is 0 Å². The van der Waals surface area contributed by atoms with E-state index in [0.717, 1.165) is 24.0 Å². The van der Waals surface area contributed by atoms with Gasteiger partial charge in [0, 0.05) is 7.05 Å². The van der Waals surface area contributed by atoms with Gasteiger partial charge in [-0.15, -0.1) is 0 Å². The Bertz CT molecular complexity index is 934. The summed E-state index contributed by atoms with van der Waals surface area (Å²) in [7, 11) is 0.623. The maximum atomic E-state index is 12.8. The van der Waals surface area contributed by atoms with Crippen LogP contribution in [0.2, 0.25) is 6.32 Å². The Labute approximate surface area is 182 Å². The Kier molecular flexibility index (Phi) is 6.24. The molecular formula is C23H30BNO6. The van der Waals surface area contributed by atoms with E-state index in [-0.39, 0.29) is 42.3 Å². The largest absolute Gasteiger partial charge is 0.459 e. The highest BCUT2D eigenvalue weighted by molar-refractivity contribution is 6.43. The van der Waals surface area contributed by atoms with E-state index in [0.29, 0.717) is 30.7 Å². The maximum absolute atomic E-state index is 12.8. The third kappa shape index (κ3) is 4.04. The zero-order valence-corrected chi connectivity index (χ0v) is 18.3. The van der Waals surface area contributed by atoms with Crippen LogP contribution in [0, 0.1) is 17.8 Å². The van der Waals surface area contributed by atoms with Crippen molar-refractivity contribution in [2.24, 2.45) is 17.8 Å². The van der Waals surface area contributed by atoms with Crippen LogP contribution in [0.15, 0.2) is 33.3 Å². The van der Waals surface area contributed by atoms with Crippen molar-refractivity contribution in [2.75, 3.05) is 7.05 Å². The first kappa shape index (κ1) is 22.1. The number of amides is 2. The Morgan fingerprint density at radius 2 is 2.06 bits per heavy atom. The monoisotopic (exact) mass is 427 g/mol. The van der Waals surface area contributed by atoms with Crippen molar-refractivity contribution in [3.05, 3.63) is 40.4 Å². The lowest BCUT2D eigenvalue weighted by molar-refractivity contribution is -0.138. The second-order valence-corrected chi connectivity index (χ2v) is 8.90. The number of nitrogens with zero attached hydrogens (tertiary/aromatic N) is 1. The highest BCUT2D eigenvalue weighted by atomic mass is 16.5. The molecule has 1 aromatic heterocycles. The van der Waals surface area contributed by atoms with Crippen LogP contribution in [-0.2, 0) is 20.9 Å². The lowest BCUT2D eigenvalue weighted by Crippen LogP contribution is -2.46. The minimum Gasteiger partial charge on any atom is -0.459 e. The van der Waals surface area contributed by atoms with E-state index in [2.05, 4.69) is 6.92 Å². The van der Waals surface area contributed by atoms with Gasteiger partial charge in [0.25, 0.3) is 0 Å². The van der Waals surface area contributed by atoms with Crippen molar-refractivity contribution < 1.29 is 28.8 Å². The highest BCUT2D eigenvalue weighted by Gasteiger charge is 2.56. The average molecular weight is 427 g/mol. The van der Waals surface area contributed by atoms with Gasteiger partial charge in [-0.3, -0.25) is 14.5 Å². The first-order valence-corrected chi connectivity index (χ1v) is 11.1. The van der Waals surface area contributed by atoms with Crippen LogP contribution < -0.4 is 0 Å². The number of fused-ring (bicyclic) bond motifs is 3. The Hall–Kier alpha value is -2.16. The summed E-state index contributed by atoms with van der Waals surface area (Å²) in [5.41, 5.74) is 3.41. The number of aliphatic hydroxyl groups excluding tert-OH is 1. The number of likely N-dealkylation sites (tertiary alicyclic amines) is 1. The zero-order chi connectivity index (χ0) is 22.3. The van der Waals surface area contributed by atoms with Gasteiger partial charge in [-0.1, -0.05) is 18.1 Å². The molecule has 0 radical (unpaired) electrons. The summed E-state index contributed by atoms with van der Waals surface area (Å²) < 4.78 is 11.5. The van der Waals surface area contributed by atoms with Crippen LogP contribution in [0.5, 0.6) is 0 Å². The van der Waals surface area contributed by atoms with Gasteiger partial charge >= 0.3 is 7.12 Å². The molecule has 0 saturated carbocycles. The molecule has 0 spiro atoms. The van der Waals surface area contributed by atoms with Crippen molar-refractivity contribution >= 4 is 25.0 Å². The van der Waals surface area contributed by atoms with Crippen molar-refractivity contribution in [3.63, 3.8) is 0 Å². The Morgan fingerprint density at radius 3 is 2.74 bits per heavy atom. The Morgan fingerprint density at radius 1 is 1.29 bits per heavy atom. The predicted molar refractivity (Wildman–Crippen MR) is 115 cm³/mol. The highest BCUT2D eigenvalue weighted by Crippen LogP contribution is 2.50. The van der Waals surface area contributed by atoms with Crippen molar-refractivity contribution in [1.82, 2.24) is 4.90 Å². The molecule has 8 heteroatoms. The number of carbonyl (C=O) groups is 2. The maximum Gasteiger partial charge on any atom is 0.455 e. The lowest BCUT2D eigenvalue weighted by atomic mass is 9.58. The number of carbonyl (C=O) groups excluding carboxylic acids is 2. The molecule has 2 N–H and O–H groups in total. The van der Waals surface area contributed by atoms with Crippen LogP contribution in [0.25, 0.3) is 6.08 Å². The smallest absolute Gasteiger partial charge is 0.455 e. The standard InChI is InChI=1S/C23H30BNO6/c1-4-14-10-17-21(23(28)25(3)22(17)27)18-11-24(29)31-19(20(14)18)8-5-13(2)9-15-6-7-16(12-26)30-15/h6-7,9,17-19,21,26,29H,4-5,8,10-12H2,1-3H3/b13-9+/t17-,18+,19-,21-/m1/s1. The van der Waals surface area contributed by atoms with Crippen LogP contribution in [0.3, 0.4) is 0 Å². The van der Waals surface area contributed by atoms with Gasteiger partial charge in [0.2, 0.25) is 11.8 Å². The van der Waals surface area contributed by atoms with Gasteiger partial charge in [-0.25, -0.2) is 0 Å². The third-order valence-corrected chi connectivity index (χ3v) is 6.98. The van der Waals surface area contributed by atoms with Crippen LogP contribution in [0.1, 0.15) is 51.1 Å². The SMILES string of the molecule is CCC1=C2[C@@H](CC/C(C)=C/c3ccc(CO)o3)OB(O)C[C@@H]2[C@@H]2C(=O)N(C)C(=O)[C@@H]2C1. The number of hydrogen-bond acceptors (Lipinski definition) is 6. The molecule has 3 heterocycles. The predicted octanol–water partition coefficient (Wildman–Crippen LogP) is 2.79. The Balaban J connectivity index is 1.56. The van der Waals surface area contributed by atoms with Gasteiger partial charge in [0.1, 0.15) is 18.1 Å². The molecule has 2 fully saturated rings. The van der Waals surface area contributed by atoms with E-state index in [1.165, 1.54) is 10.5 Å². The summed E-state index contributed by atoms with van der Waals surface area (Å²) in [6.45, 7) is 3.96. The summed E-state index contributed by atoms with van der Waals surface area (Å²) in [6.07, 6.45) is 4.85. The van der Waals surface area contributed by atoms with E-state index in [9.17, 15) is 14.6 Å². The van der Waals surface area contributed by atoms with Crippen LogP contribution in [-0.4, -0.2) is 47.1 Å². The summed E-state index contributed by atoms with van der Waals surface area (Å²) in [4.78, 5) is 26.7. The third-order valence-electron chi connectivity index (χ3n) is 6.98. The van der Waals surface area contributed by atoms with Crippen molar-refractivity contribution in [2.45, 2.75) is 58.6 Å². The fourth-order valence-electron chi connectivity index (χ4n) is 5.49. The average Bonchev–Trinajstić information content (AvgIpc) is 3.29. The first-order valence-electron chi connectivity index (χ1n) is 11.1. The summed E-state index contributed by atoms with van der Waals surface area (Å²) >= 11 is 0. The number of furan rings is 1. The van der Waals surface area contributed by atoms with E-state index in [4.69, 9.17) is 14.2 Å². The van der Waals surface area contributed by atoms with E-state index in [1.54, 1.807) is 13.1 Å². The van der Waals surface area contributed by atoms with Gasteiger partial charge < -0.3 is 19.2 Å². The molecule has 0 bridgehead atoms. The zero-order valence-electron chi connectivity index (χ0n) is 18.3. The number of hydrogen-bond donors (Lipinski definition) is 2. The molecule has 4 atom stereocenters. The minimum absolute atomic E-state index is 0.1000. The molecule has 0 unspecified atom stereocenters. The minimum atomic E-state index is -0.939. The summed E-state index contributed by atoms with van der Waals surface area (Å²) in [5, 5.41) is 19.6.